The van der Waals surface area contributed by atoms with Crippen molar-refractivity contribution in [1.29, 1.82) is 0 Å². The van der Waals surface area contributed by atoms with Gasteiger partial charge in [-0.1, -0.05) is 11.6 Å². The number of fused-ring (bicyclic) bond motifs is 1. The number of carbonyl (C=O) groups excluding carboxylic acids is 2. The number of nitrogens with zero attached hydrogens (tertiary/aromatic N) is 2. The molecular weight excluding hydrogens is 372 g/mol. The quantitative estimate of drug-likeness (QED) is 0.754. The number of imide groups is 1. The van der Waals surface area contributed by atoms with Gasteiger partial charge in [-0.05, 0) is 65.2 Å². The third-order valence-electron chi connectivity index (χ3n) is 3.96. The van der Waals surface area contributed by atoms with E-state index >= 15 is 0 Å². The number of hydrogen-bond acceptors (Lipinski definition) is 6. The highest BCUT2D eigenvalue weighted by molar-refractivity contribution is 6.30. The first-order valence-electron chi connectivity index (χ1n) is 8.83. The first kappa shape index (κ1) is 21.4. The average Bonchev–Trinajstić information content (AvgIpc) is 2.84. The zero-order valence-electron chi connectivity index (χ0n) is 16.6. The Morgan fingerprint density at radius 3 is 2.15 bits per heavy atom. The van der Waals surface area contributed by atoms with Crippen LogP contribution in [0.3, 0.4) is 0 Å². The monoisotopic (exact) mass is 398 g/mol. The molecule has 150 valence electrons. The number of rotatable bonds is 2. The Balaban J connectivity index is 2.50. The van der Waals surface area contributed by atoms with Crippen molar-refractivity contribution in [2.45, 2.75) is 65.2 Å². The van der Waals surface area contributed by atoms with E-state index < -0.39 is 35.3 Å². The summed E-state index contributed by atoms with van der Waals surface area (Å²) in [6.07, 6.45) is 0.239. The molecule has 0 aliphatic heterocycles. The first-order chi connectivity index (χ1) is 12.3. The molecule has 0 bridgehead atoms. The van der Waals surface area contributed by atoms with E-state index in [1.807, 2.05) is 0 Å². The van der Waals surface area contributed by atoms with E-state index in [0.717, 1.165) is 4.90 Å². The van der Waals surface area contributed by atoms with Crippen LogP contribution in [0.2, 0.25) is 5.15 Å². The van der Waals surface area contributed by atoms with Gasteiger partial charge in [0.05, 0.1) is 6.04 Å². The lowest BCUT2D eigenvalue weighted by atomic mass is 10.0. The summed E-state index contributed by atoms with van der Waals surface area (Å²) in [6.45, 7) is 10.0. The third kappa shape index (κ3) is 5.11. The Labute approximate surface area is 164 Å². The highest BCUT2D eigenvalue weighted by Gasteiger charge is 2.45. The van der Waals surface area contributed by atoms with Crippen LogP contribution in [0, 0.1) is 5.92 Å². The highest BCUT2D eigenvalue weighted by Crippen LogP contribution is 2.43. The SMILES string of the molecule is CC(C)(C)OC(=O)N(C(=O)OC(C)(C)C)C1c2ccnc(Cl)c2C[C@H]1CO. The fraction of sp³-hybridized carbons (Fsp3) is 0.632. The molecule has 0 fully saturated rings. The maximum atomic E-state index is 12.9. The summed E-state index contributed by atoms with van der Waals surface area (Å²) in [5.41, 5.74) is -0.238. The molecule has 2 rings (SSSR count). The van der Waals surface area contributed by atoms with Crippen molar-refractivity contribution in [2.24, 2.45) is 5.92 Å². The smallest absolute Gasteiger partial charge is 0.420 e. The molecule has 1 aromatic heterocycles. The number of carbonyl (C=O) groups is 2. The molecule has 0 saturated heterocycles. The fourth-order valence-electron chi connectivity index (χ4n) is 3.03. The van der Waals surface area contributed by atoms with Gasteiger partial charge in [-0.2, -0.15) is 0 Å². The van der Waals surface area contributed by atoms with Gasteiger partial charge in [0.2, 0.25) is 0 Å². The standard InChI is InChI=1S/C19H27ClN2O5/c1-18(2,3)26-16(24)22(17(25)27-19(4,5)6)14-11(10-23)9-13-12(14)7-8-21-15(13)20/h7-8,11,14,23H,9-10H2,1-6H3/t11-,14?/m0/s1. The van der Waals surface area contributed by atoms with Crippen molar-refractivity contribution in [1.82, 2.24) is 9.88 Å². The Bertz CT molecular complexity index is 696. The van der Waals surface area contributed by atoms with Crippen LogP contribution in [-0.4, -0.2) is 45.0 Å². The lowest BCUT2D eigenvalue weighted by Gasteiger charge is -2.34. The lowest BCUT2D eigenvalue weighted by molar-refractivity contribution is -0.0148. The number of halogens is 1. The van der Waals surface area contributed by atoms with E-state index in [2.05, 4.69) is 4.98 Å². The summed E-state index contributed by atoms with van der Waals surface area (Å²) in [5.74, 6) is -0.429. The summed E-state index contributed by atoms with van der Waals surface area (Å²) in [5, 5.41) is 10.2. The number of ether oxygens (including phenoxy) is 2. The molecule has 1 unspecified atom stereocenters. The van der Waals surface area contributed by atoms with Crippen LogP contribution >= 0.6 is 11.6 Å². The van der Waals surface area contributed by atoms with Gasteiger partial charge in [-0.15, -0.1) is 0 Å². The van der Waals surface area contributed by atoms with Gasteiger partial charge in [0, 0.05) is 18.7 Å². The Morgan fingerprint density at radius 1 is 1.19 bits per heavy atom. The van der Waals surface area contributed by atoms with Gasteiger partial charge < -0.3 is 14.6 Å². The van der Waals surface area contributed by atoms with Crippen LogP contribution in [0.15, 0.2) is 12.3 Å². The van der Waals surface area contributed by atoms with Crippen molar-refractivity contribution in [3.8, 4) is 0 Å². The van der Waals surface area contributed by atoms with Gasteiger partial charge in [0.1, 0.15) is 16.4 Å². The van der Waals surface area contributed by atoms with Crippen LogP contribution in [0.1, 0.15) is 58.7 Å². The predicted molar refractivity (Wildman–Crippen MR) is 101 cm³/mol. The normalized spacial score (nSPS) is 19.4. The molecule has 1 aliphatic rings. The number of aliphatic hydroxyl groups is 1. The molecule has 0 radical (unpaired) electrons. The first-order valence-corrected chi connectivity index (χ1v) is 9.21. The summed E-state index contributed by atoms with van der Waals surface area (Å²) < 4.78 is 10.9. The Morgan fingerprint density at radius 2 is 1.70 bits per heavy atom. The summed E-state index contributed by atoms with van der Waals surface area (Å²) in [4.78, 5) is 30.8. The number of aliphatic hydroxyl groups excluding tert-OH is 1. The molecule has 0 spiro atoms. The van der Waals surface area contributed by atoms with Crippen molar-refractivity contribution >= 4 is 23.8 Å². The number of amides is 2. The Hall–Kier alpha value is -1.86. The zero-order chi connectivity index (χ0) is 20.6. The molecule has 8 heteroatoms. The van der Waals surface area contributed by atoms with E-state index in [1.165, 1.54) is 6.20 Å². The van der Waals surface area contributed by atoms with E-state index in [9.17, 15) is 14.7 Å². The second kappa shape index (κ2) is 7.64. The predicted octanol–water partition coefficient (Wildman–Crippen LogP) is 4.11. The van der Waals surface area contributed by atoms with Crippen LogP contribution in [0.25, 0.3) is 0 Å². The minimum Gasteiger partial charge on any atom is -0.443 e. The Kier molecular flexibility index (Phi) is 6.06. The van der Waals surface area contributed by atoms with Gasteiger partial charge in [-0.25, -0.2) is 19.5 Å². The molecule has 1 aliphatic carbocycles. The van der Waals surface area contributed by atoms with Crippen LogP contribution in [-0.2, 0) is 15.9 Å². The molecule has 1 N–H and O–H groups in total. The van der Waals surface area contributed by atoms with Gasteiger partial charge >= 0.3 is 12.2 Å². The van der Waals surface area contributed by atoms with E-state index in [0.29, 0.717) is 22.7 Å². The van der Waals surface area contributed by atoms with Crippen molar-refractivity contribution in [2.75, 3.05) is 6.61 Å². The van der Waals surface area contributed by atoms with E-state index in [-0.39, 0.29) is 6.61 Å². The molecule has 1 heterocycles. The number of pyridine rings is 1. The van der Waals surface area contributed by atoms with Crippen molar-refractivity contribution in [3.05, 3.63) is 28.5 Å². The molecule has 27 heavy (non-hydrogen) atoms. The molecule has 1 aromatic rings. The molecule has 7 nitrogen and oxygen atoms in total. The topological polar surface area (TPSA) is 89.0 Å². The lowest BCUT2D eigenvalue weighted by Crippen LogP contribution is -2.47. The third-order valence-corrected chi connectivity index (χ3v) is 4.29. The van der Waals surface area contributed by atoms with Crippen LogP contribution in [0.4, 0.5) is 9.59 Å². The van der Waals surface area contributed by atoms with Gasteiger partial charge in [0.15, 0.2) is 0 Å². The second-order valence-electron chi connectivity index (χ2n) is 8.59. The van der Waals surface area contributed by atoms with Gasteiger partial charge in [-0.3, -0.25) is 0 Å². The average molecular weight is 399 g/mol. The van der Waals surface area contributed by atoms with E-state index in [1.54, 1.807) is 47.6 Å². The maximum absolute atomic E-state index is 12.9. The van der Waals surface area contributed by atoms with Crippen molar-refractivity contribution < 1.29 is 24.2 Å². The largest absolute Gasteiger partial charge is 0.443 e. The molecule has 2 amide bonds. The minimum absolute atomic E-state index is 0.238. The van der Waals surface area contributed by atoms with Crippen LogP contribution < -0.4 is 0 Å². The summed E-state index contributed by atoms with van der Waals surface area (Å²) >= 11 is 6.19. The second-order valence-corrected chi connectivity index (χ2v) is 8.95. The van der Waals surface area contributed by atoms with E-state index in [4.69, 9.17) is 21.1 Å². The van der Waals surface area contributed by atoms with Crippen LogP contribution in [0.5, 0.6) is 0 Å². The number of aromatic nitrogens is 1. The van der Waals surface area contributed by atoms with Crippen molar-refractivity contribution in [3.63, 3.8) is 0 Å². The fourth-order valence-corrected chi connectivity index (χ4v) is 3.27. The number of hydrogen-bond donors (Lipinski definition) is 1. The maximum Gasteiger partial charge on any atom is 0.420 e. The molecule has 0 aromatic carbocycles. The van der Waals surface area contributed by atoms with Gasteiger partial charge in [0.25, 0.3) is 0 Å². The molecule has 0 saturated carbocycles. The summed E-state index contributed by atoms with van der Waals surface area (Å²) in [6, 6.07) is 0.943. The zero-order valence-corrected chi connectivity index (χ0v) is 17.3. The minimum atomic E-state index is -0.832. The molecular formula is C19H27ClN2O5. The highest BCUT2D eigenvalue weighted by atomic mass is 35.5. The molecule has 2 atom stereocenters. The summed E-state index contributed by atoms with van der Waals surface area (Å²) in [7, 11) is 0.